The molecular weight excluding hydrogens is 362 g/mol. The molecule has 2 fully saturated rings. The van der Waals surface area contributed by atoms with Gasteiger partial charge in [-0.3, -0.25) is 4.90 Å². The predicted molar refractivity (Wildman–Crippen MR) is 106 cm³/mol. The van der Waals surface area contributed by atoms with Gasteiger partial charge in [0, 0.05) is 35.2 Å². The first kappa shape index (κ1) is 19.2. The highest BCUT2D eigenvalue weighted by Crippen LogP contribution is 2.51. The molecule has 5 heteroatoms. The number of rotatable bonds is 0. The summed E-state index contributed by atoms with van der Waals surface area (Å²) in [7, 11) is 0. The van der Waals surface area contributed by atoms with E-state index < -0.39 is 6.10 Å². The van der Waals surface area contributed by atoms with E-state index in [2.05, 4.69) is 17.1 Å². The van der Waals surface area contributed by atoms with E-state index in [1.807, 2.05) is 6.08 Å². The van der Waals surface area contributed by atoms with Crippen LogP contribution < -0.4 is 0 Å². The van der Waals surface area contributed by atoms with Gasteiger partial charge in [0.1, 0.15) is 0 Å². The lowest BCUT2D eigenvalue weighted by Gasteiger charge is -2.54. The van der Waals surface area contributed by atoms with E-state index in [9.17, 15) is 9.90 Å². The summed E-state index contributed by atoms with van der Waals surface area (Å²) in [6, 6.07) is 0.553. The summed E-state index contributed by atoms with van der Waals surface area (Å²) in [5.74, 6) is 0.380. The van der Waals surface area contributed by atoms with Crippen molar-refractivity contribution < 1.29 is 14.6 Å². The second-order valence-corrected chi connectivity index (χ2v) is 8.97. The van der Waals surface area contributed by atoms with Gasteiger partial charge in [-0.15, -0.1) is 0 Å². The molecule has 2 bridgehead atoms. The number of esters is 1. The Labute approximate surface area is 166 Å². The van der Waals surface area contributed by atoms with E-state index in [1.165, 1.54) is 38.5 Å². The van der Waals surface area contributed by atoms with Crippen molar-refractivity contribution in [1.82, 2.24) is 4.90 Å². The van der Waals surface area contributed by atoms with Crippen molar-refractivity contribution in [3.05, 3.63) is 34.9 Å². The number of aliphatic hydroxyl groups excluding tert-OH is 1. The van der Waals surface area contributed by atoms with Crippen LogP contribution in [0.1, 0.15) is 57.8 Å². The second kappa shape index (κ2) is 8.10. The van der Waals surface area contributed by atoms with Gasteiger partial charge in [-0.05, 0) is 50.5 Å². The number of halogens is 1. The van der Waals surface area contributed by atoms with Crippen LogP contribution in [0.4, 0.5) is 0 Å². The maximum atomic E-state index is 12.6. The molecule has 4 aliphatic rings. The number of cyclic esters (lactones) is 1. The summed E-state index contributed by atoms with van der Waals surface area (Å²) < 4.78 is 5.48. The molecule has 1 spiro atoms. The zero-order chi connectivity index (χ0) is 18.9. The van der Waals surface area contributed by atoms with E-state index in [-0.39, 0.29) is 18.1 Å². The van der Waals surface area contributed by atoms with Crippen LogP contribution in [0.3, 0.4) is 0 Å². The molecule has 148 valence electrons. The topological polar surface area (TPSA) is 49.8 Å². The summed E-state index contributed by atoms with van der Waals surface area (Å²) in [6.45, 7) is 0.967. The molecule has 0 unspecified atom stereocenters. The van der Waals surface area contributed by atoms with Crippen LogP contribution in [0.25, 0.3) is 0 Å². The second-order valence-electron chi connectivity index (χ2n) is 8.49. The van der Waals surface area contributed by atoms with Crippen molar-refractivity contribution in [3.63, 3.8) is 0 Å². The highest BCUT2D eigenvalue weighted by atomic mass is 35.5. The van der Waals surface area contributed by atoms with Crippen LogP contribution in [0.5, 0.6) is 0 Å². The minimum absolute atomic E-state index is 0.200. The van der Waals surface area contributed by atoms with Gasteiger partial charge in [0.05, 0.1) is 12.7 Å². The number of hydrogen-bond acceptors (Lipinski definition) is 4. The minimum Gasteiger partial charge on any atom is -0.462 e. The van der Waals surface area contributed by atoms with E-state index in [1.54, 1.807) is 6.08 Å². The first-order valence-electron chi connectivity index (χ1n) is 10.4. The Morgan fingerprint density at radius 3 is 2.89 bits per heavy atom. The van der Waals surface area contributed by atoms with Crippen LogP contribution in [0, 0.1) is 5.92 Å². The Hall–Kier alpha value is -1.10. The highest BCUT2D eigenvalue weighted by molar-refractivity contribution is 6.29. The number of carbonyl (C=O) groups is 1. The van der Waals surface area contributed by atoms with Gasteiger partial charge >= 0.3 is 5.97 Å². The van der Waals surface area contributed by atoms with Crippen molar-refractivity contribution in [3.8, 4) is 0 Å². The molecule has 0 aromatic carbocycles. The summed E-state index contributed by atoms with van der Waals surface area (Å²) in [6.07, 6.45) is 16.8. The lowest BCUT2D eigenvalue weighted by molar-refractivity contribution is -0.140. The Morgan fingerprint density at radius 1 is 1.22 bits per heavy atom. The number of carbonyl (C=O) groups excluding carboxylic acids is 1. The Balaban J connectivity index is 1.65. The van der Waals surface area contributed by atoms with Crippen LogP contribution in [-0.2, 0) is 9.53 Å². The van der Waals surface area contributed by atoms with Crippen LogP contribution in [-0.4, -0.2) is 46.8 Å². The molecule has 0 amide bonds. The van der Waals surface area contributed by atoms with Gasteiger partial charge in [0.25, 0.3) is 0 Å². The number of nitrogens with zero attached hydrogens (tertiary/aromatic N) is 1. The van der Waals surface area contributed by atoms with Crippen molar-refractivity contribution in [2.45, 2.75) is 75.5 Å². The van der Waals surface area contributed by atoms with Crippen LogP contribution in [0.2, 0.25) is 0 Å². The lowest BCUT2D eigenvalue weighted by Crippen LogP contribution is -2.60. The highest BCUT2D eigenvalue weighted by Gasteiger charge is 2.51. The largest absolute Gasteiger partial charge is 0.462 e. The number of piperidine rings is 1. The Morgan fingerprint density at radius 2 is 2.04 bits per heavy atom. The van der Waals surface area contributed by atoms with E-state index in [4.69, 9.17) is 16.3 Å². The Bertz CT molecular complexity index is 670. The molecule has 3 aliphatic heterocycles. The van der Waals surface area contributed by atoms with Gasteiger partial charge in [-0.1, -0.05) is 42.7 Å². The van der Waals surface area contributed by atoms with Crippen molar-refractivity contribution in [1.29, 1.82) is 0 Å². The minimum atomic E-state index is -0.683. The summed E-state index contributed by atoms with van der Waals surface area (Å²) in [5, 5.41) is 10.7. The standard InChI is InChI=1S/C22H30ClNO3/c23-18-10-13-27-21(26)16-8-9-19-6-3-12-22(24(19)15-16)11-2-5-17(22)4-1-7-20(25)14-18/h1,7-8,14,17,19-20,25H,2-6,9-13,15H2/b7-1+,18-14-/t17-,19+,20+,22-/m0/s1. The number of fused-ring (bicyclic) bond motifs is 1. The lowest BCUT2D eigenvalue weighted by atomic mass is 9.73. The fourth-order valence-electron chi connectivity index (χ4n) is 5.72. The Kier molecular flexibility index (Phi) is 5.77. The summed E-state index contributed by atoms with van der Waals surface area (Å²) >= 11 is 6.18. The quantitative estimate of drug-likeness (QED) is 0.499. The third kappa shape index (κ3) is 3.90. The smallest absolute Gasteiger partial charge is 0.335 e. The maximum Gasteiger partial charge on any atom is 0.335 e. The number of hydrogen-bond donors (Lipinski definition) is 1. The molecule has 1 N–H and O–H groups in total. The molecule has 3 heterocycles. The van der Waals surface area contributed by atoms with E-state index in [0.717, 1.165) is 25.0 Å². The fourth-order valence-corrected chi connectivity index (χ4v) is 5.93. The molecule has 0 aromatic rings. The first-order chi connectivity index (χ1) is 13.1. The summed E-state index contributed by atoms with van der Waals surface area (Å²) in [4.78, 5) is 15.3. The van der Waals surface area contributed by atoms with Crippen molar-refractivity contribution >= 4 is 17.6 Å². The first-order valence-corrected chi connectivity index (χ1v) is 10.8. The maximum absolute atomic E-state index is 12.6. The number of allylic oxidation sites excluding steroid dienone is 1. The van der Waals surface area contributed by atoms with Gasteiger partial charge in [-0.25, -0.2) is 4.79 Å². The summed E-state index contributed by atoms with van der Waals surface area (Å²) in [5.41, 5.74) is 1.01. The third-order valence-corrected chi connectivity index (χ3v) is 7.32. The predicted octanol–water partition coefficient (Wildman–Crippen LogP) is 4.09. The normalized spacial score (nSPS) is 41.3. The molecular formula is C22H30ClNO3. The van der Waals surface area contributed by atoms with E-state index in [0.29, 0.717) is 23.4 Å². The average Bonchev–Trinajstić information content (AvgIpc) is 3.04. The molecule has 0 radical (unpaired) electrons. The molecule has 27 heavy (non-hydrogen) atoms. The number of ether oxygens (including phenoxy) is 1. The van der Waals surface area contributed by atoms with Crippen LogP contribution >= 0.6 is 11.6 Å². The molecule has 1 aliphatic carbocycles. The zero-order valence-corrected chi connectivity index (χ0v) is 16.7. The molecule has 1 saturated heterocycles. The van der Waals surface area contributed by atoms with Crippen molar-refractivity contribution in [2.75, 3.05) is 13.2 Å². The molecule has 4 nitrogen and oxygen atoms in total. The number of aliphatic hydroxyl groups is 1. The fraction of sp³-hybridized carbons (Fsp3) is 0.682. The molecule has 1 saturated carbocycles. The van der Waals surface area contributed by atoms with E-state index >= 15 is 0 Å². The average molecular weight is 392 g/mol. The zero-order valence-electron chi connectivity index (χ0n) is 15.9. The van der Waals surface area contributed by atoms with Gasteiger partial charge in [-0.2, -0.15) is 0 Å². The van der Waals surface area contributed by atoms with Gasteiger partial charge in [0.2, 0.25) is 0 Å². The monoisotopic (exact) mass is 391 g/mol. The van der Waals surface area contributed by atoms with Crippen molar-refractivity contribution in [2.24, 2.45) is 5.92 Å². The SMILES string of the molecule is O=C1OCC/C(Cl)=C/[C@H](O)/C=C/C[C@H]2CCC[C@]23CCC[C@@H]2CC=C1CN23. The van der Waals surface area contributed by atoms with Gasteiger partial charge < -0.3 is 9.84 Å². The van der Waals surface area contributed by atoms with Crippen LogP contribution in [0.15, 0.2) is 34.9 Å². The molecule has 0 aromatic heterocycles. The molecule has 4 rings (SSSR count). The molecule has 4 atom stereocenters. The van der Waals surface area contributed by atoms with Gasteiger partial charge in [0.15, 0.2) is 0 Å². The third-order valence-electron chi connectivity index (χ3n) is 7.00.